The molecule has 0 bridgehead atoms. The Bertz CT molecular complexity index is 617. The molecule has 3 heterocycles. The second-order valence-corrected chi connectivity index (χ2v) is 6.81. The van der Waals surface area contributed by atoms with E-state index in [2.05, 4.69) is 9.55 Å². The average Bonchev–Trinajstić information content (AvgIpc) is 3.22. The van der Waals surface area contributed by atoms with E-state index < -0.39 is 5.54 Å². The minimum atomic E-state index is -0.554. The van der Waals surface area contributed by atoms with Gasteiger partial charge in [-0.2, -0.15) is 0 Å². The van der Waals surface area contributed by atoms with Gasteiger partial charge in [0.2, 0.25) is 0 Å². The molecule has 3 aliphatic rings. The number of imidazole rings is 1. The number of rotatable bonds is 2. The number of likely N-dealkylation sites (N-methyl/N-ethyl adjacent to an activating group) is 1. The lowest BCUT2D eigenvalue weighted by Gasteiger charge is -2.27. The molecule has 2 aliphatic heterocycles. The predicted octanol–water partition coefficient (Wildman–Crippen LogP) is 1.97. The summed E-state index contributed by atoms with van der Waals surface area (Å²) in [5, 5.41) is 0. The Hall–Kier alpha value is -1.85. The summed E-state index contributed by atoms with van der Waals surface area (Å²) in [5.74, 6) is 1.20. The van der Waals surface area contributed by atoms with E-state index in [-0.39, 0.29) is 17.9 Å². The summed E-state index contributed by atoms with van der Waals surface area (Å²) in [6.07, 6.45) is 9.55. The monoisotopic (exact) mass is 302 g/mol. The van der Waals surface area contributed by atoms with Gasteiger partial charge in [-0.15, -0.1) is 0 Å². The topological polar surface area (TPSA) is 58.4 Å². The number of imide groups is 1. The molecule has 1 atom stereocenters. The van der Waals surface area contributed by atoms with Crippen LogP contribution in [0.2, 0.25) is 0 Å². The van der Waals surface area contributed by atoms with Gasteiger partial charge in [0.05, 0.1) is 0 Å². The van der Waals surface area contributed by atoms with Gasteiger partial charge < -0.3 is 9.47 Å². The van der Waals surface area contributed by atoms with E-state index in [4.69, 9.17) is 0 Å². The molecule has 4 rings (SSSR count). The highest BCUT2D eigenvalue weighted by Crippen LogP contribution is 2.41. The summed E-state index contributed by atoms with van der Waals surface area (Å²) in [4.78, 5) is 33.1. The van der Waals surface area contributed by atoms with E-state index in [1.807, 2.05) is 12.4 Å². The second-order valence-electron chi connectivity index (χ2n) is 6.81. The zero-order valence-electron chi connectivity index (χ0n) is 13.0. The number of amides is 3. The van der Waals surface area contributed by atoms with Crippen molar-refractivity contribution in [2.24, 2.45) is 0 Å². The van der Waals surface area contributed by atoms with Crippen LogP contribution in [0.15, 0.2) is 12.4 Å². The van der Waals surface area contributed by atoms with Crippen molar-refractivity contribution in [2.75, 3.05) is 13.6 Å². The molecular formula is C16H22N4O2. The molecule has 0 N–H and O–H groups in total. The molecule has 0 aromatic carbocycles. The fourth-order valence-electron chi connectivity index (χ4n) is 4.42. The van der Waals surface area contributed by atoms with Gasteiger partial charge in [0.1, 0.15) is 11.4 Å². The molecule has 1 aromatic rings. The molecule has 118 valence electrons. The van der Waals surface area contributed by atoms with Crippen molar-refractivity contribution in [3.8, 4) is 0 Å². The van der Waals surface area contributed by atoms with Gasteiger partial charge in [-0.1, -0.05) is 12.8 Å². The molecule has 1 unspecified atom stereocenters. The van der Waals surface area contributed by atoms with Gasteiger partial charge >= 0.3 is 6.03 Å². The molecule has 6 nitrogen and oxygen atoms in total. The van der Waals surface area contributed by atoms with Crippen LogP contribution in [-0.2, 0) is 11.3 Å². The fraction of sp³-hybridized carbons (Fsp3) is 0.688. The Labute approximate surface area is 130 Å². The third kappa shape index (κ3) is 1.76. The van der Waals surface area contributed by atoms with Crippen LogP contribution in [-0.4, -0.2) is 50.4 Å². The van der Waals surface area contributed by atoms with Crippen LogP contribution < -0.4 is 0 Å². The van der Waals surface area contributed by atoms with Crippen molar-refractivity contribution < 1.29 is 9.59 Å². The SMILES string of the molecule is CN1C(=O)N(CC2CCCn3ccnc32)C(=O)C12CCCC2. The molecule has 1 saturated heterocycles. The molecule has 1 aromatic heterocycles. The van der Waals surface area contributed by atoms with Gasteiger partial charge in [-0.3, -0.25) is 9.69 Å². The van der Waals surface area contributed by atoms with Gasteiger partial charge in [0, 0.05) is 38.4 Å². The number of aryl methyl sites for hydroxylation is 1. The zero-order valence-corrected chi connectivity index (χ0v) is 13.0. The van der Waals surface area contributed by atoms with E-state index in [1.165, 1.54) is 4.90 Å². The lowest BCUT2D eigenvalue weighted by molar-refractivity contribution is -0.133. The molecule has 0 radical (unpaired) electrons. The summed E-state index contributed by atoms with van der Waals surface area (Å²) in [5.41, 5.74) is -0.554. The average molecular weight is 302 g/mol. The highest BCUT2D eigenvalue weighted by atomic mass is 16.2. The lowest BCUT2D eigenvalue weighted by Crippen LogP contribution is -2.45. The number of carbonyl (C=O) groups is 2. The summed E-state index contributed by atoms with van der Waals surface area (Å²) in [6, 6.07) is -0.129. The largest absolute Gasteiger partial charge is 0.335 e. The van der Waals surface area contributed by atoms with Crippen LogP contribution in [0.4, 0.5) is 4.79 Å². The summed E-state index contributed by atoms with van der Waals surface area (Å²) in [7, 11) is 1.79. The first kappa shape index (κ1) is 13.8. The van der Waals surface area contributed by atoms with Crippen LogP contribution in [0.1, 0.15) is 50.3 Å². The van der Waals surface area contributed by atoms with E-state index in [0.29, 0.717) is 6.54 Å². The molecule has 1 aliphatic carbocycles. The first-order valence-electron chi connectivity index (χ1n) is 8.24. The number of hydrogen-bond donors (Lipinski definition) is 0. The van der Waals surface area contributed by atoms with Crippen molar-refractivity contribution in [1.29, 1.82) is 0 Å². The Morgan fingerprint density at radius 2 is 2.05 bits per heavy atom. The van der Waals surface area contributed by atoms with Crippen molar-refractivity contribution in [3.63, 3.8) is 0 Å². The van der Waals surface area contributed by atoms with Crippen LogP contribution in [0.25, 0.3) is 0 Å². The van der Waals surface area contributed by atoms with Crippen LogP contribution >= 0.6 is 0 Å². The smallest absolute Gasteiger partial charge is 0.327 e. The maximum Gasteiger partial charge on any atom is 0.327 e. The number of carbonyl (C=O) groups excluding carboxylic acids is 2. The summed E-state index contributed by atoms with van der Waals surface area (Å²) >= 11 is 0. The number of fused-ring (bicyclic) bond motifs is 1. The molecule has 6 heteroatoms. The molecule has 22 heavy (non-hydrogen) atoms. The van der Waals surface area contributed by atoms with E-state index >= 15 is 0 Å². The fourth-order valence-corrected chi connectivity index (χ4v) is 4.42. The number of nitrogens with zero attached hydrogens (tertiary/aromatic N) is 4. The highest BCUT2D eigenvalue weighted by molar-refractivity contribution is 6.07. The molecular weight excluding hydrogens is 280 g/mol. The van der Waals surface area contributed by atoms with Crippen LogP contribution in [0.5, 0.6) is 0 Å². The number of urea groups is 1. The third-order valence-corrected chi connectivity index (χ3v) is 5.70. The minimum absolute atomic E-state index is 0.0150. The Balaban J connectivity index is 1.59. The zero-order chi connectivity index (χ0) is 15.3. The maximum absolute atomic E-state index is 12.9. The normalized spacial score (nSPS) is 27.0. The van der Waals surface area contributed by atoms with E-state index in [9.17, 15) is 9.59 Å². The number of aromatic nitrogens is 2. The highest BCUT2D eigenvalue weighted by Gasteiger charge is 2.56. The van der Waals surface area contributed by atoms with E-state index in [0.717, 1.165) is 50.9 Å². The lowest BCUT2D eigenvalue weighted by atomic mass is 9.95. The van der Waals surface area contributed by atoms with Crippen molar-refractivity contribution in [3.05, 3.63) is 18.2 Å². The molecule has 2 fully saturated rings. The Kier molecular flexibility index (Phi) is 3.03. The standard InChI is InChI=1S/C16H22N4O2/c1-18-15(22)20(14(21)16(18)6-2-3-7-16)11-12-5-4-9-19-10-8-17-13(12)19/h8,10,12H,2-7,9,11H2,1H3. The van der Waals surface area contributed by atoms with Gasteiger partial charge in [0.15, 0.2) is 0 Å². The summed E-state index contributed by atoms with van der Waals surface area (Å²) < 4.78 is 2.15. The quantitative estimate of drug-likeness (QED) is 0.785. The maximum atomic E-state index is 12.9. The molecule has 3 amide bonds. The minimum Gasteiger partial charge on any atom is -0.335 e. The second kappa shape index (κ2) is 4.83. The van der Waals surface area contributed by atoms with Gasteiger partial charge in [-0.05, 0) is 25.7 Å². The molecule has 1 saturated carbocycles. The van der Waals surface area contributed by atoms with Crippen molar-refractivity contribution in [1.82, 2.24) is 19.4 Å². The Morgan fingerprint density at radius 3 is 2.82 bits per heavy atom. The third-order valence-electron chi connectivity index (χ3n) is 5.70. The number of hydrogen-bond acceptors (Lipinski definition) is 3. The van der Waals surface area contributed by atoms with Gasteiger partial charge in [0.25, 0.3) is 5.91 Å². The van der Waals surface area contributed by atoms with Crippen LogP contribution in [0, 0.1) is 0 Å². The Morgan fingerprint density at radius 1 is 1.27 bits per heavy atom. The van der Waals surface area contributed by atoms with Crippen LogP contribution in [0.3, 0.4) is 0 Å². The predicted molar refractivity (Wildman–Crippen MR) is 80.3 cm³/mol. The van der Waals surface area contributed by atoms with E-state index in [1.54, 1.807) is 11.9 Å². The molecule has 1 spiro atoms. The van der Waals surface area contributed by atoms with Gasteiger partial charge in [-0.25, -0.2) is 9.78 Å². The van der Waals surface area contributed by atoms with Crippen molar-refractivity contribution >= 4 is 11.9 Å². The first-order valence-corrected chi connectivity index (χ1v) is 8.24. The van der Waals surface area contributed by atoms with Crippen molar-refractivity contribution in [2.45, 2.75) is 56.5 Å². The first-order chi connectivity index (χ1) is 10.6. The summed E-state index contributed by atoms with van der Waals surface area (Å²) in [6.45, 7) is 1.46.